The van der Waals surface area contributed by atoms with Crippen molar-refractivity contribution < 1.29 is 14.6 Å². The monoisotopic (exact) mass is 196 g/mol. The molecule has 0 spiro atoms. The van der Waals surface area contributed by atoms with Gasteiger partial charge in [0.15, 0.2) is 0 Å². The molecule has 1 saturated heterocycles. The molecule has 1 heterocycles. The maximum absolute atomic E-state index is 11.6. The topological polar surface area (TPSA) is 46.5 Å². The first kappa shape index (κ1) is 8.72. The number of carbonyl (C=O) groups is 1. The third-order valence-corrected chi connectivity index (χ3v) is 4.35. The molecule has 0 aromatic carbocycles. The molecule has 0 aromatic rings. The Bertz CT molecular complexity index is 276. The van der Waals surface area contributed by atoms with Gasteiger partial charge in [-0.25, -0.2) is 0 Å². The molecule has 3 nitrogen and oxygen atoms in total. The zero-order chi connectivity index (χ0) is 9.76. The summed E-state index contributed by atoms with van der Waals surface area (Å²) < 4.78 is 5.50. The molecule has 2 aliphatic carbocycles. The van der Waals surface area contributed by atoms with Gasteiger partial charge >= 0.3 is 5.97 Å². The average Bonchev–Trinajstić information content (AvgIpc) is 2.41. The largest absolute Gasteiger partial charge is 0.456 e. The van der Waals surface area contributed by atoms with Crippen LogP contribution in [0, 0.1) is 11.8 Å². The van der Waals surface area contributed by atoms with Gasteiger partial charge in [0.2, 0.25) is 0 Å². The van der Waals surface area contributed by atoms with E-state index in [0.717, 1.165) is 32.1 Å². The number of esters is 1. The lowest BCUT2D eigenvalue weighted by Gasteiger charge is -2.44. The van der Waals surface area contributed by atoms with Crippen molar-refractivity contribution in [3.05, 3.63) is 0 Å². The molecule has 0 radical (unpaired) electrons. The van der Waals surface area contributed by atoms with Crippen molar-refractivity contribution in [2.75, 3.05) is 0 Å². The minimum Gasteiger partial charge on any atom is -0.456 e. The zero-order valence-corrected chi connectivity index (χ0v) is 8.24. The molecule has 3 rings (SSSR count). The van der Waals surface area contributed by atoms with Crippen LogP contribution in [0.5, 0.6) is 0 Å². The van der Waals surface area contributed by atoms with Gasteiger partial charge in [0.1, 0.15) is 5.60 Å². The van der Waals surface area contributed by atoms with Crippen LogP contribution in [0.1, 0.15) is 38.5 Å². The van der Waals surface area contributed by atoms with Crippen LogP contribution in [0.25, 0.3) is 0 Å². The zero-order valence-electron chi connectivity index (χ0n) is 8.24. The Hall–Kier alpha value is -0.570. The van der Waals surface area contributed by atoms with E-state index in [2.05, 4.69) is 0 Å². The van der Waals surface area contributed by atoms with E-state index in [4.69, 9.17) is 4.74 Å². The minimum absolute atomic E-state index is 0.0477. The van der Waals surface area contributed by atoms with Gasteiger partial charge in [-0.05, 0) is 32.1 Å². The third-order valence-electron chi connectivity index (χ3n) is 4.35. The molecule has 14 heavy (non-hydrogen) atoms. The van der Waals surface area contributed by atoms with Crippen LogP contribution in [-0.2, 0) is 9.53 Å². The van der Waals surface area contributed by atoms with E-state index in [1.54, 1.807) is 0 Å². The fraction of sp³-hybridized carbons (Fsp3) is 0.909. The second-order valence-electron chi connectivity index (χ2n) is 4.93. The van der Waals surface area contributed by atoms with Crippen LogP contribution in [0.2, 0.25) is 0 Å². The van der Waals surface area contributed by atoms with Gasteiger partial charge < -0.3 is 9.84 Å². The average molecular weight is 196 g/mol. The summed E-state index contributed by atoms with van der Waals surface area (Å²) in [6.45, 7) is 0. The molecule has 1 aliphatic heterocycles. The predicted octanol–water partition coefficient (Wildman–Crippen LogP) is 1.24. The fourth-order valence-corrected chi connectivity index (χ4v) is 3.67. The van der Waals surface area contributed by atoms with Crippen molar-refractivity contribution >= 4 is 5.97 Å². The highest BCUT2D eigenvalue weighted by Crippen LogP contribution is 2.54. The van der Waals surface area contributed by atoms with Crippen molar-refractivity contribution in [3.8, 4) is 0 Å². The highest BCUT2D eigenvalue weighted by molar-refractivity contribution is 5.76. The maximum atomic E-state index is 11.6. The quantitative estimate of drug-likeness (QED) is 0.593. The molecule has 0 amide bonds. The molecule has 3 heteroatoms. The lowest BCUT2D eigenvalue weighted by molar-refractivity contribution is -0.166. The first-order valence-corrected chi connectivity index (χ1v) is 5.65. The summed E-state index contributed by atoms with van der Waals surface area (Å²) in [5.41, 5.74) is -0.474. The second-order valence-corrected chi connectivity index (χ2v) is 4.93. The number of ether oxygens (including phenoxy) is 1. The van der Waals surface area contributed by atoms with Gasteiger partial charge in [0, 0.05) is 5.92 Å². The number of carbonyl (C=O) groups excluding carboxylic acids is 1. The Morgan fingerprint density at radius 1 is 1.29 bits per heavy atom. The van der Waals surface area contributed by atoms with Gasteiger partial charge in [-0.15, -0.1) is 0 Å². The molecular formula is C11H16O3. The summed E-state index contributed by atoms with van der Waals surface area (Å²) in [6.07, 6.45) is 5.38. The molecule has 0 aromatic heterocycles. The smallest absolute Gasteiger partial charge is 0.310 e. The van der Waals surface area contributed by atoms with E-state index in [0.29, 0.717) is 5.92 Å². The van der Waals surface area contributed by atoms with Gasteiger partial charge in [0.25, 0.3) is 0 Å². The Kier molecular flexibility index (Phi) is 1.69. The van der Waals surface area contributed by atoms with Crippen LogP contribution >= 0.6 is 0 Å². The van der Waals surface area contributed by atoms with Crippen LogP contribution < -0.4 is 0 Å². The van der Waals surface area contributed by atoms with Crippen LogP contribution in [-0.4, -0.2) is 22.8 Å². The molecule has 3 fully saturated rings. The Morgan fingerprint density at radius 3 is 2.93 bits per heavy atom. The van der Waals surface area contributed by atoms with E-state index in [1.165, 1.54) is 6.42 Å². The maximum Gasteiger partial charge on any atom is 0.310 e. The van der Waals surface area contributed by atoms with E-state index in [9.17, 15) is 9.90 Å². The van der Waals surface area contributed by atoms with Gasteiger partial charge in [-0.1, -0.05) is 6.42 Å². The first-order chi connectivity index (χ1) is 6.74. The number of aliphatic hydroxyl groups excluding tert-OH is 1. The lowest BCUT2D eigenvalue weighted by atomic mass is 9.63. The number of rotatable bonds is 0. The Balaban J connectivity index is 2.01. The molecule has 2 bridgehead atoms. The summed E-state index contributed by atoms with van der Waals surface area (Å²) in [5.74, 6) is 0.361. The van der Waals surface area contributed by atoms with Crippen LogP contribution in [0.15, 0.2) is 0 Å². The van der Waals surface area contributed by atoms with Crippen molar-refractivity contribution in [1.82, 2.24) is 0 Å². The molecule has 4 unspecified atom stereocenters. The van der Waals surface area contributed by atoms with Crippen molar-refractivity contribution in [1.29, 1.82) is 0 Å². The Labute approximate surface area is 83.4 Å². The van der Waals surface area contributed by atoms with Gasteiger partial charge in [-0.3, -0.25) is 4.79 Å². The summed E-state index contributed by atoms with van der Waals surface area (Å²) >= 11 is 0. The molecular weight excluding hydrogens is 180 g/mol. The Morgan fingerprint density at radius 2 is 2.14 bits per heavy atom. The van der Waals surface area contributed by atoms with Crippen molar-refractivity contribution in [3.63, 3.8) is 0 Å². The molecule has 1 N–H and O–H groups in total. The standard InChI is InChI=1S/C11H16O3/c12-9-5-4-7-8-3-1-2-6-11(8,9)14-10(7)13/h7-9,12H,1-6H2. The van der Waals surface area contributed by atoms with Crippen LogP contribution in [0.3, 0.4) is 0 Å². The van der Waals surface area contributed by atoms with E-state index >= 15 is 0 Å². The van der Waals surface area contributed by atoms with Crippen molar-refractivity contribution in [2.24, 2.45) is 11.8 Å². The van der Waals surface area contributed by atoms with E-state index in [-0.39, 0.29) is 11.9 Å². The van der Waals surface area contributed by atoms with Gasteiger partial charge in [0.05, 0.1) is 12.0 Å². The summed E-state index contributed by atoms with van der Waals surface area (Å²) in [4.78, 5) is 11.6. The van der Waals surface area contributed by atoms with Crippen molar-refractivity contribution in [2.45, 2.75) is 50.2 Å². The highest BCUT2D eigenvalue weighted by atomic mass is 16.6. The van der Waals surface area contributed by atoms with Gasteiger partial charge in [-0.2, -0.15) is 0 Å². The minimum atomic E-state index is -0.474. The molecule has 3 aliphatic rings. The molecule has 4 atom stereocenters. The first-order valence-electron chi connectivity index (χ1n) is 5.65. The third kappa shape index (κ3) is 0.888. The van der Waals surface area contributed by atoms with Crippen LogP contribution in [0.4, 0.5) is 0 Å². The van der Waals surface area contributed by atoms with E-state index in [1.807, 2.05) is 0 Å². The second kappa shape index (κ2) is 2.72. The SMILES string of the molecule is O=C1OC23CCCCC2C1CCC3O. The predicted molar refractivity (Wildman–Crippen MR) is 49.5 cm³/mol. The summed E-state index contributed by atoms with van der Waals surface area (Å²) in [6, 6.07) is 0. The number of hydrogen-bond donors (Lipinski definition) is 1. The number of hydrogen-bond acceptors (Lipinski definition) is 3. The fourth-order valence-electron chi connectivity index (χ4n) is 3.67. The lowest BCUT2D eigenvalue weighted by Crippen LogP contribution is -2.52. The summed E-state index contributed by atoms with van der Waals surface area (Å²) in [5, 5.41) is 10.0. The highest BCUT2D eigenvalue weighted by Gasteiger charge is 2.62. The summed E-state index contributed by atoms with van der Waals surface area (Å²) in [7, 11) is 0. The number of aliphatic hydroxyl groups is 1. The molecule has 2 saturated carbocycles. The molecule has 78 valence electrons. The van der Waals surface area contributed by atoms with E-state index < -0.39 is 11.7 Å². The normalized spacial score (nSPS) is 51.2.